The van der Waals surface area contributed by atoms with E-state index in [-0.39, 0.29) is 28.0 Å². The number of fused-ring (bicyclic) bond motifs is 1. The summed E-state index contributed by atoms with van der Waals surface area (Å²) in [7, 11) is -3.96. The first-order valence-corrected chi connectivity index (χ1v) is 9.21. The summed E-state index contributed by atoms with van der Waals surface area (Å²) in [4.78, 5) is 30.7. The lowest BCUT2D eigenvalue weighted by atomic mass is 10.2. The molecule has 0 saturated heterocycles. The smallest absolute Gasteiger partial charge is 0.331 e. The number of nitrogens with zero attached hydrogens (tertiary/aromatic N) is 3. The number of hydrogen-bond donors (Lipinski definition) is 1. The second-order valence-corrected chi connectivity index (χ2v) is 7.19. The molecule has 0 spiro atoms. The van der Waals surface area contributed by atoms with Crippen LogP contribution in [0.1, 0.15) is 13.3 Å². The predicted octanol–water partition coefficient (Wildman–Crippen LogP) is 2.46. The number of nitrogens with one attached hydrogen (secondary N) is 1. The minimum absolute atomic E-state index is 0.0366. The molecule has 0 fully saturated rings. The summed E-state index contributed by atoms with van der Waals surface area (Å²) in [6, 6.07) is 9.03. The van der Waals surface area contributed by atoms with Gasteiger partial charge in [-0.15, -0.1) is 0 Å². The maximum Gasteiger partial charge on any atom is 0.331 e. The van der Waals surface area contributed by atoms with Gasteiger partial charge in [-0.2, -0.15) is 0 Å². The van der Waals surface area contributed by atoms with E-state index in [0.29, 0.717) is 0 Å². The van der Waals surface area contributed by atoms with E-state index < -0.39 is 26.6 Å². The monoisotopic (exact) mass is 390 g/mol. The molecule has 0 saturated carbocycles. The van der Waals surface area contributed by atoms with Gasteiger partial charge in [-0.1, -0.05) is 25.1 Å². The topological polar surface area (TPSA) is 133 Å². The molecule has 140 valence electrons. The van der Waals surface area contributed by atoms with E-state index in [0.717, 1.165) is 10.2 Å². The Kier molecular flexibility index (Phi) is 4.77. The Morgan fingerprint density at radius 2 is 2.00 bits per heavy atom. The minimum Gasteiger partial charge on any atom is -0.343 e. The Bertz CT molecular complexity index is 1120. The molecule has 0 amide bonds. The first-order chi connectivity index (χ1) is 12.9. The number of benzene rings is 1. The lowest BCUT2D eigenvalue weighted by Gasteiger charge is -2.09. The van der Waals surface area contributed by atoms with E-state index >= 15 is 0 Å². The average Bonchev–Trinajstić information content (AvgIpc) is 3.11. The summed E-state index contributed by atoms with van der Waals surface area (Å²) >= 11 is 0. The van der Waals surface area contributed by atoms with Crippen LogP contribution in [-0.4, -0.2) is 28.3 Å². The first kappa shape index (κ1) is 18.3. The zero-order valence-electron chi connectivity index (χ0n) is 14.0. The molecule has 0 bridgehead atoms. The summed E-state index contributed by atoms with van der Waals surface area (Å²) in [6.07, 6.45) is 2.19. The zero-order valence-corrected chi connectivity index (χ0v) is 14.8. The zero-order chi connectivity index (χ0) is 19.6. The van der Waals surface area contributed by atoms with Crippen molar-refractivity contribution < 1.29 is 23.0 Å². The summed E-state index contributed by atoms with van der Waals surface area (Å²) < 4.78 is 26.6. The molecular formula is C16H14N4O6S. The van der Waals surface area contributed by atoms with Crippen molar-refractivity contribution in [2.24, 2.45) is 0 Å². The van der Waals surface area contributed by atoms with Crippen LogP contribution in [0.4, 0.5) is 11.4 Å². The van der Waals surface area contributed by atoms with Gasteiger partial charge in [-0.05, 0) is 18.2 Å². The highest BCUT2D eigenvalue weighted by Gasteiger charge is 2.25. The summed E-state index contributed by atoms with van der Waals surface area (Å²) in [5.41, 5.74) is 1.60. The lowest BCUT2D eigenvalue weighted by Crippen LogP contribution is -2.13. The van der Waals surface area contributed by atoms with Crippen molar-refractivity contribution in [3.63, 3.8) is 0 Å². The van der Waals surface area contributed by atoms with E-state index in [2.05, 4.69) is 10.5 Å². The molecule has 0 aliphatic heterocycles. The van der Waals surface area contributed by atoms with E-state index in [9.17, 15) is 23.3 Å². The number of hydrogen-bond acceptors (Lipinski definition) is 8. The van der Waals surface area contributed by atoms with Gasteiger partial charge in [-0.25, -0.2) is 27.6 Å². The van der Waals surface area contributed by atoms with Gasteiger partial charge in [0.1, 0.15) is 6.20 Å². The Morgan fingerprint density at radius 1 is 1.30 bits per heavy atom. The van der Waals surface area contributed by atoms with Crippen LogP contribution in [0.15, 0.2) is 53.7 Å². The predicted molar refractivity (Wildman–Crippen MR) is 95.4 cm³/mol. The largest absolute Gasteiger partial charge is 0.343 e. The van der Waals surface area contributed by atoms with Gasteiger partial charge >= 0.3 is 11.7 Å². The molecule has 2 aromatic heterocycles. The molecule has 1 aromatic carbocycles. The van der Waals surface area contributed by atoms with Crippen LogP contribution in [0.25, 0.3) is 11.0 Å². The fraction of sp³-hybridized carbons (Fsp3) is 0.125. The Hall–Kier alpha value is -3.47. The highest BCUT2D eigenvalue weighted by Crippen LogP contribution is 2.33. The average molecular weight is 390 g/mol. The van der Waals surface area contributed by atoms with Crippen LogP contribution in [0.2, 0.25) is 0 Å². The standard InChI is InChI=1S/C16H14N4O6S/c1-2-14(21)26-18-15-12-8-9-19(16(12)17-10-13(15)20(22)23)27(24,25)11-6-4-3-5-7-11/h3-10H,2H2,1H3,(H,17,18). The molecule has 11 heteroatoms. The quantitative estimate of drug-likeness (QED) is 0.501. The van der Waals surface area contributed by atoms with Crippen molar-refractivity contribution in [3.8, 4) is 0 Å². The van der Waals surface area contributed by atoms with Gasteiger partial charge < -0.3 is 4.84 Å². The molecule has 0 aliphatic carbocycles. The first-order valence-electron chi connectivity index (χ1n) is 7.77. The van der Waals surface area contributed by atoms with Gasteiger partial charge in [0.25, 0.3) is 10.0 Å². The molecule has 0 aliphatic rings. The Balaban J connectivity index is 2.17. The molecule has 0 radical (unpaired) electrons. The second kappa shape index (κ2) is 7.03. The number of aromatic nitrogens is 2. The molecule has 10 nitrogen and oxygen atoms in total. The SMILES string of the molecule is CCC(=O)ONc1c([N+](=O)[O-])cnc2c1ccn2S(=O)(=O)c1ccccc1. The molecule has 0 atom stereocenters. The summed E-state index contributed by atoms with van der Waals surface area (Å²) in [5.74, 6) is -0.634. The molecule has 0 unspecified atom stereocenters. The number of rotatable bonds is 6. The van der Waals surface area contributed by atoms with Crippen molar-refractivity contribution in [2.45, 2.75) is 18.2 Å². The number of carbonyl (C=O) groups is 1. The van der Waals surface area contributed by atoms with Crippen LogP contribution < -0.4 is 5.48 Å². The molecular weight excluding hydrogens is 376 g/mol. The Morgan fingerprint density at radius 3 is 2.63 bits per heavy atom. The van der Waals surface area contributed by atoms with Crippen LogP contribution in [0, 0.1) is 10.1 Å². The van der Waals surface area contributed by atoms with Gasteiger partial charge in [0.05, 0.1) is 15.2 Å². The molecule has 3 rings (SSSR count). The van der Waals surface area contributed by atoms with Crippen molar-refractivity contribution >= 4 is 38.4 Å². The van der Waals surface area contributed by atoms with Crippen molar-refractivity contribution in [2.75, 3.05) is 5.48 Å². The second-order valence-electron chi connectivity index (χ2n) is 5.37. The van der Waals surface area contributed by atoms with E-state index in [4.69, 9.17) is 4.84 Å². The number of carbonyl (C=O) groups excluding carboxylic acids is 1. The number of anilines is 1. The van der Waals surface area contributed by atoms with E-state index in [1.807, 2.05) is 0 Å². The lowest BCUT2D eigenvalue weighted by molar-refractivity contribution is -0.384. The van der Waals surface area contributed by atoms with Crippen molar-refractivity contribution in [3.05, 3.63) is 58.9 Å². The normalized spacial score (nSPS) is 11.3. The van der Waals surface area contributed by atoms with Gasteiger partial charge in [0.15, 0.2) is 11.3 Å². The van der Waals surface area contributed by atoms with Crippen molar-refractivity contribution in [1.29, 1.82) is 0 Å². The van der Waals surface area contributed by atoms with Crippen molar-refractivity contribution in [1.82, 2.24) is 8.96 Å². The van der Waals surface area contributed by atoms with E-state index in [1.165, 1.54) is 24.4 Å². The van der Waals surface area contributed by atoms with E-state index in [1.54, 1.807) is 25.1 Å². The Labute approximate surface area is 153 Å². The van der Waals surface area contributed by atoms with Gasteiger partial charge in [0, 0.05) is 12.6 Å². The summed E-state index contributed by atoms with van der Waals surface area (Å²) in [5, 5.41) is 11.4. The maximum absolute atomic E-state index is 12.8. The third-order valence-corrected chi connectivity index (χ3v) is 5.39. The third-order valence-electron chi connectivity index (χ3n) is 3.71. The minimum atomic E-state index is -3.96. The highest BCUT2D eigenvalue weighted by atomic mass is 32.2. The third kappa shape index (κ3) is 3.31. The van der Waals surface area contributed by atoms with Crippen LogP contribution in [0.3, 0.4) is 0 Å². The van der Waals surface area contributed by atoms with Crippen LogP contribution in [-0.2, 0) is 19.7 Å². The van der Waals surface area contributed by atoms with Gasteiger partial charge in [-0.3, -0.25) is 10.1 Å². The molecule has 27 heavy (non-hydrogen) atoms. The highest BCUT2D eigenvalue weighted by molar-refractivity contribution is 7.90. The number of pyridine rings is 1. The maximum atomic E-state index is 12.8. The molecule has 2 heterocycles. The molecule has 3 aromatic rings. The summed E-state index contributed by atoms with van der Waals surface area (Å²) in [6.45, 7) is 1.56. The van der Waals surface area contributed by atoms with Gasteiger partial charge in [0.2, 0.25) is 0 Å². The molecule has 1 N–H and O–H groups in total. The van der Waals surface area contributed by atoms with Crippen LogP contribution >= 0.6 is 0 Å². The number of nitro groups is 1. The fourth-order valence-corrected chi connectivity index (χ4v) is 3.70. The van der Waals surface area contributed by atoms with Crippen LogP contribution in [0.5, 0.6) is 0 Å². The fourth-order valence-electron chi connectivity index (χ4n) is 2.38.